The summed E-state index contributed by atoms with van der Waals surface area (Å²) in [5.74, 6) is 1.98. The number of methoxy groups -OCH3 is 1. The lowest BCUT2D eigenvalue weighted by Crippen LogP contribution is -2.48. The Hall–Kier alpha value is -1.86. The highest BCUT2D eigenvalue weighted by Gasteiger charge is 2.51. The van der Waals surface area contributed by atoms with Gasteiger partial charge in [0.25, 0.3) is 10.0 Å². The highest BCUT2D eigenvalue weighted by atomic mass is 32.2. The molecular weight excluding hydrogens is 418 g/mol. The lowest BCUT2D eigenvalue weighted by Gasteiger charge is -2.57. The Morgan fingerprint density at radius 3 is 2.17 bits per heavy atom. The Kier molecular flexibility index (Phi) is 4.93. The molecule has 1 aromatic heterocycles. The van der Waals surface area contributed by atoms with Crippen molar-refractivity contribution in [2.45, 2.75) is 48.1 Å². The molecule has 4 saturated carbocycles. The van der Waals surface area contributed by atoms with Crippen LogP contribution in [0.1, 0.15) is 44.1 Å². The summed E-state index contributed by atoms with van der Waals surface area (Å²) < 4.78 is 32.5. The predicted molar refractivity (Wildman–Crippen MR) is 117 cm³/mol. The van der Waals surface area contributed by atoms with Gasteiger partial charge in [0.2, 0.25) is 0 Å². The van der Waals surface area contributed by atoms with Crippen LogP contribution in [0.5, 0.6) is 0 Å². The molecule has 1 heterocycles. The minimum Gasteiger partial charge on any atom is -0.468 e. The number of carbonyl (C=O) groups is 1. The van der Waals surface area contributed by atoms with Crippen LogP contribution in [0.3, 0.4) is 0 Å². The van der Waals surface area contributed by atoms with Gasteiger partial charge in [0.15, 0.2) is 0 Å². The summed E-state index contributed by atoms with van der Waals surface area (Å²) in [6.07, 6.45) is 7.96. The molecule has 4 bridgehead atoms. The van der Waals surface area contributed by atoms with Crippen LogP contribution in [0.15, 0.2) is 46.0 Å². The van der Waals surface area contributed by atoms with E-state index in [1.807, 2.05) is 12.1 Å². The molecule has 0 radical (unpaired) electrons. The van der Waals surface area contributed by atoms with Crippen LogP contribution in [-0.2, 0) is 25.0 Å². The van der Waals surface area contributed by atoms with Gasteiger partial charge in [-0.25, -0.2) is 8.42 Å². The van der Waals surface area contributed by atoms with Crippen LogP contribution in [0.4, 0.5) is 5.69 Å². The van der Waals surface area contributed by atoms with E-state index in [9.17, 15) is 13.2 Å². The Morgan fingerprint density at radius 2 is 1.67 bits per heavy atom. The maximum absolute atomic E-state index is 13.2. The molecular formula is C23H27NO4S2. The maximum Gasteiger partial charge on any atom is 0.326 e. The molecule has 7 heteroatoms. The molecule has 4 aliphatic rings. The zero-order chi connectivity index (χ0) is 20.9. The number of anilines is 1. The van der Waals surface area contributed by atoms with E-state index in [4.69, 9.17) is 4.74 Å². The van der Waals surface area contributed by atoms with E-state index in [2.05, 4.69) is 12.1 Å². The van der Waals surface area contributed by atoms with Gasteiger partial charge in [0, 0.05) is 0 Å². The van der Waals surface area contributed by atoms with Gasteiger partial charge in [-0.05, 0) is 90.8 Å². The number of esters is 1. The molecule has 160 valence electrons. The van der Waals surface area contributed by atoms with Crippen molar-refractivity contribution in [2.24, 2.45) is 17.8 Å². The van der Waals surface area contributed by atoms with Crippen LogP contribution in [-0.4, -0.2) is 28.0 Å². The average Bonchev–Trinajstić information content (AvgIpc) is 3.27. The number of benzene rings is 1. The van der Waals surface area contributed by atoms with Crippen molar-refractivity contribution in [3.8, 4) is 0 Å². The molecule has 0 spiro atoms. The van der Waals surface area contributed by atoms with E-state index in [-0.39, 0.29) is 16.2 Å². The Balaban J connectivity index is 1.47. The number of rotatable bonds is 6. The van der Waals surface area contributed by atoms with Gasteiger partial charge in [-0.2, -0.15) is 0 Å². The number of ether oxygens (including phenoxy) is 1. The van der Waals surface area contributed by atoms with E-state index in [1.165, 1.54) is 51.2 Å². The van der Waals surface area contributed by atoms with E-state index in [0.29, 0.717) is 5.69 Å². The molecule has 4 aliphatic carbocycles. The quantitative estimate of drug-likeness (QED) is 0.611. The number of hydrogen-bond acceptors (Lipinski definition) is 5. The average molecular weight is 446 g/mol. The van der Waals surface area contributed by atoms with Crippen molar-refractivity contribution in [2.75, 3.05) is 18.0 Å². The Bertz CT molecular complexity index is 992. The Labute approximate surface area is 182 Å². The summed E-state index contributed by atoms with van der Waals surface area (Å²) in [6, 6.07) is 11.2. The molecule has 1 aromatic carbocycles. The molecule has 4 fully saturated rings. The SMILES string of the molecule is COC(=O)CN(c1ccc(C23CC4CC(CC(C4)C2)C3)cc1)S(=O)(=O)c1cccs1. The third-order valence-corrected chi connectivity index (χ3v) is 10.5. The van der Waals surface area contributed by atoms with Gasteiger partial charge >= 0.3 is 5.97 Å². The fourth-order valence-electron chi connectivity index (χ4n) is 6.46. The molecule has 30 heavy (non-hydrogen) atoms. The van der Waals surface area contributed by atoms with Gasteiger partial charge in [-0.15, -0.1) is 11.3 Å². The van der Waals surface area contributed by atoms with E-state index in [0.717, 1.165) is 33.4 Å². The van der Waals surface area contributed by atoms with Crippen LogP contribution >= 0.6 is 11.3 Å². The number of thiophene rings is 1. The summed E-state index contributed by atoms with van der Waals surface area (Å²) in [5, 5.41) is 1.72. The first-order valence-corrected chi connectivity index (χ1v) is 13.0. The number of hydrogen-bond donors (Lipinski definition) is 0. The third kappa shape index (κ3) is 3.36. The first-order chi connectivity index (χ1) is 14.4. The molecule has 0 aliphatic heterocycles. The molecule has 0 unspecified atom stereocenters. The van der Waals surface area contributed by atoms with Crippen molar-refractivity contribution >= 4 is 33.0 Å². The topological polar surface area (TPSA) is 63.7 Å². The number of carbonyl (C=O) groups excluding carboxylic acids is 1. The second kappa shape index (κ2) is 7.38. The van der Waals surface area contributed by atoms with E-state index in [1.54, 1.807) is 17.5 Å². The third-order valence-electron chi connectivity index (χ3n) is 7.35. The minimum absolute atomic E-state index is 0.219. The maximum atomic E-state index is 13.2. The van der Waals surface area contributed by atoms with Crippen molar-refractivity contribution in [3.63, 3.8) is 0 Å². The lowest BCUT2D eigenvalue weighted by molar-refractivity contribution is -0.138. The summed E-state index contributed by atoms with van der Waals surface area (Å²) in [5.41, 5.74) is 2.09. The van der Waals surface area contributed by atoms with Crippen molar-refractivity contribution in [1.29, 1.82) is 0 Å². The molecule has 5 nitrogen and oxygen atoms in total. The van der Waals surface area contributed by atoms with Crippen molar-refractivity contribution < 1.29 is 17.9 Å². The smallest absolute Gasteiger partial charge is 0.326 e. The highest BCUT2D eigenvalue weighted by Crippen LogP contribution is 2.60. The van der Waals surface area contributed by atoms with Gasteiger partial charge in [0.05, 0.1) is 12.8 Å². The van der Waals surface area contributed by atoms with Gasteiger partial charge in [-0.1, -0.05) is 18.2 Å². The van der Waals surface area contributed by atoms with Crippen molar-refractivity contribution in [1.82, 2.24) is 0 Å². The van der Waals surface area contributed by atoms with Crippen LogP contribution in [0, 0.1) is 17.8 Å². The summed E-state index contributed by atoms with van der Waals surface area (Å²) >= 11 is 1.15. The monoisotopic (exact) mass is 445 g/mol. The van der Waals surface area contributed by atoms with E-state index >= 15 is 0 Å². The first-order valence-electron chi connectivity index (χ1n) is 10.6. The summed E-state index contributed by atoms with van der Waals surface area (Å²) in [4.78, 5) is 12.0. The molecule has 0 amide bonds. The second-order valence-corrected chi connectivity index (χ2v) is 12.3. The normalized spacial score (nSPS) is 29.7. The molecule has 0 atom stereocenters. The van der Waals surface area contributed by atoms with Gasteiger partial charge < -0.3 is 4.74 Å². The number of nitrogens with zero attached hydrogens (tertiary/aromatic N) is 1. The second-order valence-electron chi connectivity index (χ2n) is 9.26. The highest BCUT2D eigenvalue weighted by molar-refractivity contribution is 7.94. The Morgan fingerprint density at radius 1 is 1.07 bits per heavy atom. The van der Waals surface area contributed by atoms with Crippen LogP contribution < -0.4 is 4.31 Å². The van der Waals surface area contributed by atoms with Gasteiger partial charge in [-0.3, -0.25) is 9.10 Å². The lowest BCUT2D eigenvalue weighted by atomic mass is 9.48. The zero-order valence-electron chi connectivity index (χ0n) is 17.1. The molecule has 2 aromatic rings. The summed E-state index contributed by atoms with van der Waals surface area (Å²) in [7, 11) is -2.55. The molecule has 0 N–H and O–H groups in total. The minimum atomic E-state index is -3.82. The first kappa shape index (κ1) is 20.1. The fourth-order valence-corrected chi connectivity index (χ4v) is 8.97. The number of sulfonamides is 1. The van der Waals surface area contributed by atoms with E-state index < -0.39 is 16.0 Å². The standard InChI is InChI=1S/C23H27NO4S2/c1-28-21(25)15-24(30(26,27)22-3-2-8-29-22)20-6-4-19(5-7-20)23-12-16-9-17(13-23)11-18(10-16)14-23/h2-8,16-18H,9-15H2,1H3. The molecule has 0 saturated heterocycles. The summed E-state index contributed by atoms with van der Waals surface area (Å²) in [6.45, 7) is -0.340. The van der Waals surface area contributed by atoms with Crippen LogP contribution in [0.25, 0.3) is 0 Å². The fraction of sp³-hybridized carbons (Fsp3) is 0.522. The molecule has 6 rings (SSSR count). The largest absolute Gasteiger partial charge is 0.468 e. The predicted octanol–water partition coefficient (Wildman–Crippen LogP) is 4.58. The zero-order valence-corrected chi connectivity index (χ0v) is 18.8. The van der Waals surface area contributed by atoms with Crippen molar-refractivity contribution in [3.05, 3.63) is 47.3 Å². The van der Waals surface area contributed by atoms with Crippen LogP contribution in [0.2, 0.25) is 0 Å². The van der Waals surface area contributed by atoms with Gasteiger partial charge in [0.1, 0.15) is 10.8 Å².